The first-order chi connectivity index (χ1) is 9.49. The quantitative estimate of drug-likeness (QED) is 0.895. The lowest BCUT2D eigenvalue weighted by molar-refractivity contribution is 0.0997. The fourth-order valence-corrected chi connectivity index (χ4v) is 1.71. The first kappa shape index (κ1) is 13.7. The number of carbonyl (C=O) groups is 2. The molecule has 0 saturated carbocycles. The molecule has 0 bridgehead atoms. The Morgan fingerprint density at radius 1 is 1.30 bits per heavy atom. The van der Waals surface area contributed by atoms with Crippen LogP contribution in [0.1, 0.15) is 26.3 Å². The highest BCUT2D eigenvalue weighted by atomic mass is 19.1. The van der Waals surface area contributed by atoms with E-state index in [2.05, 4.69) is 10.3 Å². The highest BCUT2D eigenvalue weighted by Gasteiger charge is 2.13. The standard InChI is InChI=1S/C14H12FN3O2/c1-8-6-9(13(16)19)2-3-12(8)18-14(20)10-4-5-17-7-11(10)15/h2-7H,1H3,(H2,16,19)(H,18,20). The summed E-state index contributed by atoms with van der Waals surface area (Å²) in [5.74, 6) is -1.83. The molecule has 1 aromatic carbocycles. The minimum Gasteiger partial charge on any atom is -0.366 e. The van der Waals surface area contributed by atoms with E-state index in [1.165, 1.54) is 18.3 Å². The van der Waals surface area contributed by atoms with Crippen LogP contribution in [0.5, 0.6) is 0 Å². The van der Waals surface area contributed by atoms with Crippen molar-refractivity contribution in [1.82, 2.24) is 4.98 Å². The number of benzene rings is 1. The predicted molar refractivity (Wildman–Crippen MR) is 71.8 cm³/mol. The van der Waals surface area contributed by atoms with Gasteiger partial charge >= 0.3 is 0 Å². The molecule has 2 rings (SSSR count). The Balaban J connectivity index is 2.25. The molecule has 2 aromatic rings. The third kappa shape index (κ3) is 2.80. The molecule has 1 aromatic heterocycles. The number of aromatic nitrogens is 1. The van der Waals surface area contributed by atoms with E-state index >= 15 is 0 Å². The highest BCUT2D eigenvalue weighted by molar-refractivity contribution is 6.05. The van der Waals surface area contributed by atoms with Gasteiger partial charge in [-0.25, -0.2) is 4.39 Å². The van der Waals surface area contributed by atoms with Crippen LogP contribution in [-0.2, 0) is 0 Å². The second kappa shape index (κ2) is 5.48. The number of rotatable bonds is 3. The lowest BCUT2D eigenvalue weighted by atomic mass is 10.1. The number of hydrogen-bond acceptors (Lipinski definition) is 3. The smallest absolute Gasteiger partial charge is 0.258 e. The molecule has 0 aliphatic rings. The van der Waals surface area contributed by atoms with Crippen LogP contribution in [0.25, 0.3) is 0 Å². The third-order valence-electron chi connectivity index (χ3n) is 2.78. The average molecular weight is 273 g/mol. The molecule has 0 aliphatic heterocycles. The Labute approximate surface area is 114 Å². The van der Waals surface area contributed by atoms with Gasteiger partial charge in [-0.1, -0.05) is 0 Å². The largest absolute Gasteiger partial charge is 0.366 e. The second-order valence-electron chi connectivity index (χ2n) is 4.20. The van der Waals surface area contributed by atoms with Crippen LogP contribution in [0.3, 0.4) is 0 Å². The van der Waals surface area contributed by atoms with Crippen LogP contribution in [-0.4, -0.2) is 16.8 Å². The predicted octanol–water partition coefficient (Wildman–Crippen LogP) is 1.88. The normalized spacial score (nSPS) is 10.1. The Kier molecular flexibility index (Phi) is 3.74. The van der Waals surface area contributed by atoms with Gasteiger partial charge in [-0.05, 0) is 36.8 Å². The zero-order valence-corrected chi connectivity index (χ0v) is 10.7. The zero-order chi connectivity index (χ0) is 14.7. The molecule has 0 saturated heterocycles. The van der Waals surface area contributed by atoms with Crippen molar-refractivity contribution in [2.45, 2.75) is 6.92 Å². The number of anilines is 1. The summed E-state index contributed by atoms with van der Waals surface area (Å²) in [5, 5.41) is 2.57. The van der Waals surface area contributed by atoms with E-state index in [0.29, 0.717) is 16.8 Å². The molecule has 2 amide bonds. The maximum absolute atomic E-state index is 13.4. The van der Waals surface area contributed by atoms with Gasteiger partial charge < -0.3 is 11.1 Å². The number of halogens is 1. The van der Waals surface area contributed by atoms with Gasteiger partial charge in [0, 0.05) is 17.4 Å². The Morgan fingerprint density at radius 2 is 2.05 bits per heavy atom. The van der Waals surface area contributed by atoms with Crippen LogP contribution in [0.15, 0.2) is 36.7 Å². The maximum atomic E-state index is 13.4. The molecule has 1 heterocycles. The van der Waals surface area contributed by atoms with Gasteiger partial charge in [-0.2, -0.15) is 0 Å². The topological polar surface area (TPSA) is 85.1 Å². The van der Waals surface area contributed by atoms with E-state index in [-0.39, 0.29) is 5.56 Å². The van der Waals surface area contributed by atoms with Gasteiger partial charge in [0.25, 0.3) is 5.91 Å². The first-order valence-corrected chi connectivity index (χ1v) is 5.80. The first-order valence-electron chi connectivity index (χ1n) is 5.80. The van der Waals surface area contributed by atoms with Crippen LogP contribution < -0.4 is 11.1 Å². The fourth-order valence-electron chi connectivity index (χ4n) is 1.71. The van der Waals surface area contributed by atoms with Crippen LogP contribution in [0.2, 0.25) is 0 Å². The van der Waals surface area contributed by atoms with Crippen LogP contribution in [0, 0.1) is 12.7 Å². The highest BCUT2D eigenvalue weighted by Crippen LogP contribution is 2.18. The molecule has 6 heteroatoms. The molecule has 5 nitrogen and oxygen atoms in total. The second-order valence-corrected chi connectivity index (χ2v) is 4.20. The lowest BCUT2D eigenvalue weighted by Gasteiger charge is -2.09. The molecule has 3 N–H and O–H groups in total. The minimum atomic E-state index is -0.698. The molecule has 0 aliphatic carbocycles. The molecule has 0 unspecified atom stereocenters. The molecule has 0 atom stereocenters. The summed E-state index contributed by atoms with van der Waals surface area (Å²) in [6.07, 6.45) is 2.30. The van der Waals surface area contributed by atoms with Gasteiger partial charge in [0.05, 0.1) is 11.8 Å². The summed E-state index contributed by atoms with van der Waals surface area (Å²) in [5.41, 5.74) is 6.55. The number of carbonyl (C=O) groups excluding carboxylic acids is 2. The lowest BCUT2D eigenvalue weighted by Crippen LogP contribution is -2.16. The summed E-state index contributed by atoms with van der Waals surface area (Å²) in [6, 6.07) is 5.89. The van der Waals surface area contributed by atoms with Gasteiger partial charge in [0.15, 0.2) is 5.82 Å². The number of nitrogens with zero attached hydrogens (tertiary/aromatic N) is 1. The van der Waals surface area contributed by atoms with Crippen molar-refractivity contribution in [1.29, 1.82) is 0 Å². The zero-order valence-electron chi connectivity index (χ0n) is 10.7. The number of pyridine rings is 1. The molecular weight excluding hydrogens is 261 g/mol. The van der Waals surface area contributed by atoms with Gasteiger partial charge in [0.2, 0.25) is 5.91 Å². The average Bonchev–Trinajstić information content (AvgIpc) is 2.41. The summed E-state index contributed by atoms with van der Waals surface area (Å²) in [7, 11) is 0. The van der Waals surface area contributed by atoms with E-state index in [9.17, 15) is 14.0 Å². The Bertz CT molecular complexity index is 686. The van der Waals surface area contributed by atoms with Crippen molar-refractivity contribution < 1.29 is 14.0 Å². The van der Waals surface area contributed by atoms with Gasteiger partial charge in [-0.3, -0.25) is 14.6 Å². The van der Waals surface area contributed by atoms with Crippen molar-refractivity contribution >= 4 is 17.5 Å². The Morgan fingerprint density at radius 3 is 2.65 bits per heavy atom. The number of amides is 2. The summed E-state index contributed by atoms with van der Waals surface area (Å²) in [4.78, 5) is 26.5. The van der Waals surface area contributed by atoms with Crippen molar-refractivity contribution in [2.24, 2.45) is 5.73 Å². The number of aryl methyl sites for hydroxylation is 1. The van der Waals surface area contributed by atoms with Crippen molar-refractivity contribution in [3.63, 3.8) is 0 Å². The maximum Gasteiger partial charge on any atom is 0.258 e. The van der Waals surface area contributed by atoms with Crippen molar-refractivity contribution in [2.75, 3.05) is 5.32 Å². The summed E-state index contributed by atoms with van der Waals surface area (Å²) in [6.45, 7) is 1.71. The Hall–Kier alpha value is -2.76. The van der Waals surface area contributed by atoms with Crippen molar-refractivity contribution in [3.8, 4) is 0 Å². The third-order valence-corrected chi connectivity index (χ3v) is 2.78. The van der Waals surface area contributed by atoms with Crippen LogP contribution in [0.4, 0.5) is 10.1 Å². The van der Waals surface area contributed by atoms with Gasteiger partial charge in [0.1, 0.15) is 0 Å². The summed E-state index contributed by atoms with van der Waals surface area (Å²) < 4.78 is 13.4. The number of nitrogens with two attached hydrogens (primary N) is 1. The molecule has 0 fully saturated rings. The SMILES string of the molecule is Cc1cc(C(N)=O)ccc1NC(=O)c1ccncc1F. The minimum absolute atomic E-state index is 0.0987. The van der Waals surface area contributed by atoms with Crippen molar-refractivity contribution in [3.05, 3.63) is 59.2 Å². The van der Waals surface area contributed by atoms with E-state index < -0.39 is 17.6 Å². The van der Waals surface area contributed by atoms with E-state index in [0.717, 1.165) is 6.20 Å². The molecular formula is C14H12FN3O2. The molecule has 0 radical (unpaired) electrons. The molecule has 20 heavy (non-hydrogen) atoms. The van der Waals surface area contributed by atoms with E-state index in [1.54, 1.807) is 19.1 Å². The van der Waals surface area contributed by atoms with Gasteiger partial charge in [-0.15, -0.1) is 0 Å². The fraction of sp³-hybridized carbons (Fsp3) is 0.0714. The number of hydrogen-bond donors (Lipinski definition) is 2. The monoisotopic (exact) mass is 273 g/mol. The molecule has 102 valence electrons. The van der Waals surface area contributed by atoms with E-state index in [1.807, 2.05) is 0 Å². The number of nitrogens with one attached hydrogen (secondary N) is 1. The number of primary amides is 1. The molecule has 0 spiro atoms. The van der Waals surface area contributed by atoms with Crippen LogP contribution >= 0.6 is 0 Å². The summed E-state index contributed by atoms with van der Waals surface area (Å²) >= 11 is 0. The van der Waals surface area contributed by atoms with E-state index in [4.69, 9.17) is 5.73 Å².